The van der Waals surface area contributed by atoms with Crippen LogP contribution in [-0.4, -0.2) is 56.1 Å². The van der Waals surface area contributed by atoms with E-state index in [1.807, 2.05) is 0 Å². The maximum atomic E-state index is 11.8. The van der Waals surface area contributed by atoms with E-state index in [-0.39, 0.29) is 11.8 Å². The number of amides is 2. The van der Waals surface area contributed by atoms with Gasteiger partial charge >= 0.3 is 6.03 Å². The third-order valence-electron chi connectivity index (χ3n) is 3.51. The SMILES string of the molecule is CCN(CC)CCOCCNC(=O)Nc1cccc(C(C)=O)c1. The van der Waals surface area contributed by atoms with Crippen molar-refractivity contribution in [2.75, 3.05) is 44.7 Å². The van der Waals surface area contributed by atoms with Gasteiger partial charge in [-0.2, -0.15) is 0 Å². The molecule has 0 saturated heterocycles. The van der Waals surface area contributed by atoms with Crippen molar-refractivity contribution < 1.29 is 14.3 Å². The average Bonchev–Trinajstić information content (AvgIpc) is 2.54. The number of likely N-dealkylation sites (N-methyl/N-ethyl adjacent to an activating group) is 1. The number of carbonyl (C=O) groups is 2. The molecule has 1 aromatic carbocycles. The molecule has 0 aromatic heterocycles. The fraction of sp³-hybridized carbons (Fsp3) is 0.529. The molecule has 0 spiro atoms. The molecule has 1 aromatic rings. The Morgan fingerprint density at radius 1 is 1.17 bits per heavy atom. The third-order valence-corrected chi connectivity index (χ3v) is 3.51. The largest absolute Gasteiger partial charge is 0.378 e. The highest BCUT2D eigenvalue weighted by atomic mass is 16.5. The van der Waals surface area contributed by atoms with Crippen LogP contribution in [0.15, 0.2) is 24.3 Å². The maximum absolute atomic E-state index is 11.8. The average molecular weight is 321 g/mol. The number of Topliss-reactive ketones (excluding diaryl/α,β-unsaturated/α-hetero) is 1. The van der Waals surface area contributed by atoms with Crippen molar-refractivity contribution in [1.29, 1.82) is 0 Å². The zero-order chi connectivity index (χ0) is 17.1. The number of rotatable bonds is 10. The van der Waals surface area contributed by atoms with Gasteiger partial charge in [0.15, 0.2) is 5.78 Å². The molecular weight excluding hydrogens is 294 g/mol. The summed E-state index contributed by atoms with van der Waals surface area (Å²) in [6.07, 6.45) is 0. The minimum absolute atomic E-state index is 0.0318. The first-order valence-electron chi connectivity index (χ1n) is 8.02. The summed E-state index contributed by atoms with van der Waals surface area (Å²) in [5, 5.41) is 5.42. The van der Waals surface area contributed by atoms with Crippen molar-refractivity contribution in [3.63, 3.8) is 0 Å². The summed E-state index contributed by atoms with van der Waals surface area (Å²) >= 11 is 0. The number of hydrogen-bond acceptors (Lipinski definition) is 4. The van der Waals surface area contributed by atoms with Crippen LogP contribution in [0.4, 0.5) is 10.5 Å². The van der Waals surface area contributed by atoms with Crippen molar-refractivity contribution in [2.24, 2.45) is 0 Å². The summed E-state index contributed by atoms with van der Waals surface area (Å²) in [4.78, 5) is 25.3. The molecule has 0 unspecified atom stereocenters. The van der Waals surface area contributed by atoms with E-state index in [4.69, 9.17) is 4.74 Å². The van der Waals surface area contributed by atoms with Crippen LogP contribution in [-0.2, 0) is 4.74 Å². The number of anilines is 1. The molecule has 23 heavy (non-hydrogen) atoms. The first-order chi connectivity index (χ1) is 11.1. The number of ether oxygens (including phenoxy) is 1. The third kappa shape index (κ3) is 7.76. The van der Waals surface area contributed by atoms with Crippen LogP contribution in [0.1, 0.15) is 31.1 Å². The summed E-state index contributed by atoms with van der Waals surface area (Å²) in [6, 6.07) is 6.55. The summed E-state index contributed by atoms with van der Waals surface area (Å²) in [6.45, 7) is 10.2. The molecule has 6 nitrogen and oxygen atoms in total. The van der Waals surface area contributed by atoms with Crippen LogP contribution in [0.3, 0.4) is 0 Å². The summed E-state index contributed by atoms with van der Waals surface area (Å²) in [5.74, 6) is -0.0318. The molecule has 0 radical (unpaired) electrons. The predicted molar refractivity (Wildman–Crippen MR) is 92.1 cm³/mol. The molecule has 6 heteroatoms. The van der Waals surface area contributed by atoms with Crippen molar-refractivity contribution in [3.8, 4) is 0 Å². The minimum atomic E-state index is -0.307. The Balaban J connectivity index is 2.20. The number of nitrogens with one attached hydrogen (secondary N) is 2. The lowest BCUT2D eigenvalue weighted by atomic mass is 10.1. The second-order valence-corrected chi connectivity index (χ2v) is 5.16. The summed E-state index contributed by atoms with van der Waals surface area (Å²) < 4.78 is 5.49. The van der Waals surface area contributed by atoms with Crippen molar-refractivity contribution >= 4 is 17.5 Å². The zero-order valence-corrected chi connectivity index (χ0v) is 14.2. The Hall–Kier alpha value is -1.92. The Bertz CT molecular complexity index is 502. The van der Waals surface area contributed by atoms with Crippen molar-refractivity contribution in [3.05, 3.63) is 29.8 Å². The predicted octanol–water partition coefficient (Wildman–Crippen LogP) is 2.37. The standard InChI is InChI=1S/C17H27N3O3/c1-4-20(5-2)10-12-23-11-9-18-17(22)19-16-8-6-7-15(13-16)14(3)21/h6-8,13H,4-5,9-12H2,1-3H3,(H2,18,19,22). The van der Waals surface area contributed by atoms with Crippen molar-refractivity contribution in [1.82, 2.24) is 10.2 Å². The van der Waals surface area contributed by atoms with Gasteiger partial charge in [-0.25, -0.2) is 4.79 Å². The molecule has 0 fully saturated rings. The first-order valence-corrected chi connectivity index (χ1v) is 8.02. The number of hydrogen-bond donors (Lipinski definition) is 2. The van der Waals surface area contributed by atoms with E-state index in [2.05, 4.69) is 29.4 Å². The van der Waals surface area contributed by atoms with Crippen LogP contribution in [0.2, 0.25) is 0 Å². The van der Waals surface area contributed by atoms with Crippen LogP contribution in [0.5, 0.6) is 0 Å². The smallest absolute Gasteiger partial charge is 0.319 e. The maximum Gasteiger partial charge on any atom is 0.319 e. The molecular formula is C17H27N3O3. The quantitative estimate of drug-likeness (QED) is 0.513. The molecule has 0 aliphatic carbocycles. The molecule has 0 heterocycles. The van der Waals surface area contributed by atoms with Crippen LogP contribution >= 0.6 is 0 Å². The van der Waals surface area contributed by atoms with E-state index in [9.17, 15) is 9.59 Å². The van der Waals surface area contributed by atoms with Gasteiger partial charge in [-0.05, 0) is 32.1 Å². The normalized spacial score (nSPS) is 10.6. The zero-order valence-electron chi connectivity index (χ0n) is 14.2. The number of ketones is 1. The fourth-order valence-electron chi connectivity index (χ4n) is 2.06. The van der Waals surface area contributed by atoms with Gasteiger partial charge in [-0.15, -0.1) is 0 Å². The molecule has 0 aliphatic heterocycles. The molecule has 2 N–H and O–H groups in total. The lowest BCUT2D eigenvalue weighted by molar-refractivity contribution is 0.101. The summed E-state index contributed by atoms with van der Waals surface area (Å²) in [7, 11) is 0. The number of nitrogens with zero attached hydrogens (tertiary/aromatic N) is 1. The van der Waals surface area contributed by atoms with Gasteiger partial charge in [0.05, 0.1) is 13.2 Å². The van der Waals surface area contributed by atoms with E-state index >= 15 is 0 Å². The Morgan fingerprint density at radius 3 is 2.57 bits per heavy atom. The molecule has 0 bridgehead atoms. The number of urea groups is 1. The Labute approximate surface area is 138 Å². The molecule has 128 valence electrons. The van der Waals surface area contributed by atoms with Gasteiger partial charge in [-0.3, -0.25) is 4.79 Å². The minimum Gasteiger partial charge on any atom is -0.378 e. The molecule has 0 atom stereocenters. The Morgan fingerprint density at radius 2 is 1.91 bits per heavy atom. The van der Waals surface area contributed by atoms with Gasteiger partial charge in [0.2, 0.25) is 0 Å². The van der Waals surface area contributed by atoms with Crippen LogP contribution < -0.4 is 10.6 Å². The van der Waals surface area contributed by atoms with E-state index < -0.39 is 0 Å². The van der Waals surface area contributed by atoms with E-state index in [0.717, 1.165) is 19.6 Å². The molecule has 1 rings (SSSR count). The van der Waals surface area contributed by atoms with E-state index in [1.54, 1.807) is 24.3 Å². The van der Waals surface area contributed by atoms with Gasteiger partial charge in [0.1, 0.15) is 0 Å². The second kappa shape index (κ2) is 10.7. The van der Waals surface area contributed by atoms with Crippen molar-refractivity contribution in [2.45, 2.75) is 20.8 Å². The highest BCUT2D eigenvalue weighted by molar-refractivity contribution is 5.96. The molecule has 0 aliphatic rings. The highest BCUT2D eigenvalue weighted by Gasteiger charge is 2.04. The van der Waals surface area contributed by atoms with Gasteiger partial charge in [-0.1, -0.05) is 26.0 Å². The monoisotopic (exact) mass is 321 g/mol. The Kier molecular flexibility index (Phi) is 8.94. The number of carbonyl (C=O) groups excluding carboxylic acids is 2. The fourth-order valence-corrected chi connectivity index (χ4v) is 2.06. The number of benzene rings is 1. The highest BCUT2D eigenvalue weighted by Crippen LogP contribution is 2.10. The second-order valence-electron chi connectivity index (χ2n) is 5.16. The van der Waals surface area contributed by atoms with E-state index in [1.165, 1.54) is 6.92 Å². The molecule has 0 saturated carbocycles. The van der Waals surface area contributed by atoms with E-state index in [0.29, 0.717) is 31.0 Å². The summed E-state index contributed by atoms with van der Waals surface area (Å²) in [5.41, 5.74) is 1.17. The van der Waals surface area contributed by atoms with Gasteiger partial charge in [0, 0.05) is 24.3 Å². The van der Waals surface area contributed by atoms with Gasteiger partial charge in [0.25, 0.3) is 0 Å². The lowest BCUT2D eigenvalue weighted by Crippen LogP contribution is -2.32. The lowest BCUT2D eigenvalue weighted by Gasteiger charge is -2.17. The van der Waals surface area contributed by atoms with Crippen LogP contribution in [0, 0.1) is 0 Å². The topological polar surface area (TPSA) is 70.7 Å². The first kappa shape index (κ1) is 19.1. The van der Waals surface area contributed by atoms with Crippen LogP contribution in [0.25, 0.3) is 0 Å². The van der Waals surface area contributed by atoms with Gasteiger partial charge < -0.3 is 20.3 Å². The molecule has 2 amide bonds.